The highest BCUT2D eigenvalue weighted by Gasteiger charge is 2.16. The molecule has 0 aliphatic rings. The van der Waals surface area contributed by atoms with Crippen LogP contribution >= 0.6 is 11.6 Å². The van der Waals surface area contributed by atoms with E-state index in [1.165, 1.54) is 0 Å². The van der Waals surface area contributed by atoms with Crippen LogP contribution in [0.5, 0.6) is 0 Å². The molecule has 1 atom stereocenters. The minimum Gasteiger partial charge on any atom is -0.233 e. The van der Waals surface area contributed by atoms with Crippen LogP contribution in [0.2, 0.25) is 0 Å². The Balaban J connectivity index is 3.90. The number of hydrogen-bond acceptors (Lipinski definition) is 5. The molecule has 0 saturated carbocycles. The molecule has 0 aliphatic heterocycles. The first-order chi connectivity index (χ1) is 4.52. The number of rotatable bonds is 4. The first-order valence-corrected chi connectivity index (χ1v) is 4.19. The summed E-state index contributed by atoms with van der Waals surface area (Å²) in [6.07, 6.45) is 0.296. The fourth-order valence-corrected chi connectivity index (χ4v) is 0.908. The topological polar surface area (TPSA) is 72.8 Å². The third-order valence-corrected chi connectivity index (χ3v) is 1.79. The molecular formula is C3H7ClO5S. The summed E-state index contributed by atoms with van der Waals surface area (Å²) >= 11 is 5.24. The molecule has 7 heteroatoms. The van der Waals surface area contributed by atoms with Crippen LogP contribution in [-0.4, -0.2) is 19.2 Å². The van der Waals surface area contributed by atoms with Crippen LogP contribution in [0.25, 0.3) is 0 Å². The molecule has 0 bridgehead atoms. The van der Waals surface area contributed by atoms with Crippen molar-refractivity contribution in [3.63, 3.8) is 0 Å². The van der Waals surface area contributed by atoms with Gasteiger partial charge in [-0.1, -0.05) is 22.9 Å². The fraction of sp³-hybridized carbons (Fsp3) is 1.00. The summed E-state index contributed by atoms with van der Waals surface area (Å²) in [6, 6.07) is 0. The van der Waals surface area contributed by atoms with Gasteiger partial charge in [-0.05, 0) is 6.42 Å². The minimum absolute atomic E-state index is 0.296. The average Bonchev–Trinajstić information content (AvgIpc) is 1.87. The summed E-state index contributed by atoms with van der Waals surface area (Å²) in [5, 5.41) is 7.67. The summed E-state index contributed by atoms with van der Waals surface area (Å²) in [4.78, 5) is 0. The van der Waals surface area contributed by atoms with Crippen LogP contribution < -0.4 is 0 Å². The van der Waals surface area contributed by atoms with E-state index in [-0.39, 0.29) is 0 Å². The summed E-state index contributed by atoms with van der Waals surface area (Å²) in [5.74, 6) is 0. The lowest BCUT2D eigenvalue weighted by Crippen LogP contribution is -2.13. The van der Waals surface area contributed by atoms with Gasteiger partial charge in [0.1, 0.15) is 0 Å². The predicted molar refractivity (Wildman–Crippen MR) is 33.7 cm³/mol. The van der Waals surface area contributed by atoms with Crippen molar-refractivity contribution < 1.29 is 22.2 Å². The SMILES string of the molecule is CCC(Cl)OS(=O)(=O)OO. The Morgan fingerprint density at radius 3 is 2.50 bits per heavy atom. The van der Waals surface area contributed by atoms with Gasteiger partial charge < -0.3 is 0 Å². The zero-order chi connectivity index (χ0) is 8.20. The molecule has 1 unspecified atom stereocenters. The Morgan fingerprint density at radius 2 is 2.20 bits per heavy atom. The maximum absolute atomic E-state index is 10.2. The number of alkyl halides is 1. The van der Waals surface area contributed by atoms with Gasteiger partial charge in [0.15, 0.2) is 5.56 Å². The molecule has 0 aromatic carbocycles. The van der Waals surface area contributed by atoms with E-state index in [4.69, 9.17) is 16.9 Å². The van der Waals surface area contributed by atoms with E-state index in [0.717, 1.165) is 0 Å². The average molecular weight is 191 g/mol. The molecule has 5 nitrogen and oxygen atoms in total. The van der Waals surface area contributed by atoms with Gasteiger partial charge in [-0.25, -0.2) is 9.44 Å². The molecule has 0 aromatic heterocycles. The van der Waals surface area contributed by atoms with Gasteiger partial charge >= 0.3 is 10.4 Å². The van der Waals surface area contributed by atoms with Crippen molar-refractivity contribution in [3.8, 4) is 0 Å². The second-order valence-corrected chi connectivity index (χ2v) is 3.04. The van der Waals surface area contributed by atoms with Crippen LogP contribution in [0.4, 0.5) is 0 Å². The maximum atomic E-state index is 10.2. The first-order valence-electron chi connectivity index (χ1n) is 2.42. The van der Waals surface area contributed by atoms with Crippen molar-refractivity contribution >= 4 is 22.0 Å². The van der Waals surface area contributed by atoms with Gasteiger partial charge in [-0.3, -0.25) is 0 Å². The van der Waals surface area contributed by atoms with Crippen molar-refractivity contribution in [3.05, 3.63) is 0 Å². The summed E-state index contributed by atoms with van der Waals surface area (Å²) in [6.45, 7) is 1.62. The molecule has 0 heterocycles. The molecule has 1 N–H and O–H groups in total. The molecule has 10 heavy (non-hydrogen) atoms. The van der Waals surface area contributed by atoms with E-state index < -0.39 is 16.0 Å². The monoisotopic (exact) mass is 190 g/mol. The second kappa shape index (κ2) is 4.09. The van der Waals surface area contributed by atoms with Crippen LogP contribution in [0.1, 0.15) is 13.3 Å². The van der Waals surface area contributed by atoms with Gasteiger partial charge in [0.05, 0.1) is 0 Å². The normalized spacial score (nSPS) is 15.1. The van der Waals surface area contributed by atoms with Crippen LogP contribution in [-0.2, 0) is 18.9 Å². The molecule has 0 aliphatic carbocycles. The Bertz CT molecular complexity index is 175. The van der Waals surface area contributed by atoms with E-state index in [1.807, 2.05) is 0 Å². The summed E-state index contributed by atoms with van der Waals surface area (Å²) in [5.41, 5.74) is -1.00. The Hall–Kier alpha value is 0.120. The van der Waals surface area contributed by atoms with E-state index in [1.54, 1.807) is 6.92 Å². The smallest absolute Gasteiger partial charge is 0.233 e. The quantitative estimate of drug-likeness (QED) is 0.402. The van der Waals surface area contributed by atoms with E-state index >= 15 is 0 Å². The maximum Gasteiger partial charge on any atom is 0.427 e. The predicted octanol–water partition coefficient (Wildman–Crippen LogP) is 0.712. The molecule has 0 aromatic rings. The number of halogens is 1. The fourth-order valence-electron chi connectivity index (χ4n) is 0.213. The van der Waals surface area contributed by atoms with Crippen molar-refractivity contribution in [2.75, 3.05) is 0 Å². The zero-order valence-electron chi connectivity index (χ0n) is 5.15. The lowest BCUT2D eigenvalue weighted by Gasteiger charge is -2.04. The van der Waals surface area contributed by atoms with Crippen molar-refractivity contribution in [2.45, 2.75) is 18.9 Å². The number of hydrogen-bond donors (Lipinski definition) is 1. The van der Waals surface area contributed by atoms with Crippen LogP contribution in [0.15, 0.2) is 0 Å². The Morgan fingerprint density at radius 1 is 1.70 bits per heavy atom. The Labute approximate surface area is 63.8 Å². The molecule has 62 valence electrons. The van der Waals surface area contributed by atoms with Crippen LogP contribution in [0, 0.1) is 0 Å². The highest BCUT2D eigenvalue weighted by Crippen LogP contribution is 2.07. The zero-order valence-corrected chi connectivity index (χ0v) is 6.72. The van der Waals surface area contributed by atoms with Crippen molar-refractivity contribution in [1.82, 2.24) is 0 Å². The van der Waals surface area contributed by atoms with Crippen LogP contribution in [0.3, 0.4) is 0 Å². The molecule has 0 rings (SSSR count). The van der Waals surface area contributed by atoms with Crippen molar-refractivity contribution in [2.24, 2.45) is 0 Å². The second-order valence-electron chi connectivity index (χ2n) is 1.40. The van der Waals surface area contributed by atoms with E-state index in [0.29, 0.717) is 6.42 Å². The molecule has 0 amide bonds. The third-order valence-electron chi connectivity index (χ3n) is 0.635. The standard InChI is InChI=1S/C3H7ClO5S/c1-2-3(4)8-10(6,7)9-5/h3,5H,2H2,1H3. The van der Waals surface area contributed by atoms with Gasteiger partial charge in [0.2, 0.25) is 0 Å². The van der Waals surface area contributed by atoms with Gasteiger partial charge in [0.25, 0.3) is 0 Å². The van der Waals surface area contributed by atoms with E-state index in [2.05, 4.69) is 8.52 Å². The molecular weight excluding hydrogens is 184 g/mol. The largest absolute Gasteiger partial charge is 0.427 e. The minimum atomic E-state index is -4.31. The highest BCUT2D eigenvalue weighted by molar-refractivity contribution is 7.81. The van der Waals surface area contributed by atoms with E-state index in [9.17, 15) is 8.42 Å². The molecule has 0 radical (unpaired) electrons. The van der Waals surface area contributed by atoms with Crippen molar-refractivity contribution in [1.29, 1.82) is 0 Å². The molecule has 0 fully saturated rings. The lowest BCUT2D eigenvalue weighted by atomic mass is 10.5. The first kappa shape index (κ1) is 10.1. The third kappa shape index (κ3) is 4.02. The summed E-state index contributed by atoms with van der Waals surface area (Å²) in [7, 11) is -4.31. The highest BCUT2D eigenvalue weighted by atomic mass is 35.5. The van der Waals surface area contributed by atoms with Gasteiger partial charge in [0, 0.05) is 0 Å². The molecule has 0 saturated heterocycles. The lowest BCUT2D eigenvalue weighted by molar-refractivity contribution is -0.143. The molecule has 0 spiro atoms. The van der Waals surface area contributed by atoms with Gasteiger partial charge in [-0.2, -0.15) is 8.42 Å². The summed E-state index contributed by atoms with van der Waals surface area (Å²) < 4.78 is 27.4. The Kier molecular flexibility index (Phi) is 4.14. The van der Waals surface area contributed by atoms with Gasteiger partial charge in [-0.15, -0.1) is 0 Å².